The van der Waals surface area contributed by atoms with Gasteiger partial charge in [-0.1, -0.05) is 18.2 Å². The van der Waals surface area contributed by atoms with Crippen molar-refractivity contribution in [3.8, 4) is 0 Å². The summed E-state index contributed by atoms with van der Waals surface area (Å²) in [6, 6.07) is 12.2. The number of carbonyl (C=O) groups is 1. The van der Waals surface area contributed by atoms with Crippen LogP contribution in [0.4, 0.5) is 0 Å². The molecular weight excluding hydrogens is 328 g/mol. The average molecular weight is 346 g/mol. The molecule has 0 radical (unpaired) electrons. The van der Waals surface area contributed by atoms with Crippen LogP contribution < -0.4 is 5.56 Å². The third-order valence-electron chi connectivity index (χ3n) is 4.11. The van der Waals surface area contributed by atoms with Gasteiger partial charge >= 0.3 is 5.97 Å². The summed E-state index contributed by atoms with van der Waals surface area (Å²) in [5, 5.41) is 9.03. The minimum atomic E-state index is -1.35. The minimum Gasteiger partial charge on any atom is -0.481 e. The summed E-state index contributed by atoms with van der Waals surface area (Å²) in [5.74, 6) is -1.28. The highest BCUT2D eigenvalue weighted by atomic mass is 32.2. The monoisotopic (exact) mass is 346 g/mol. The average Bonchev–Trinajstić information content (AvgIpc) is 3.07. The Morgan fingerprint density at radius 1 is 1.21 bits per heavy atom. The molecule has 126 valence electrons. The van der Waals surface area contributed by atoms with Crippen LogP contribution in [0, 0.1) is 5.92 Å². The van der Waals surface area contributed by atoms with E-state index in [0.717, 1.165) is 5.56 Å². The summed E-state index contributed by atoms with van der Waals surface area (Å²) >= 11 is 0. The fraction of sp³-hybridized carbons (Fsp3) is 0.294. The molecule has 1 aromatic heterocycles. The number of aromatic nitrogens is 1. The first-order chi connectivity index (χ1) is 11.5. The van der Waals surface area contributed by atoms with Crippen LogP contribution in [0.5, 0.6) is 0 Å². The van der Waals surface area contributed by atoms with E-state index in [2.05, 4.69) is 0 Å². The smallest absolute Gasteiger partial charge is 0.307 e. The first kappa shape index (κ1) is 16.6. The van der Waals surface area contributed by atoms with E-state index in [0.29, 0.717) is 31.0 Å². The Hall–Kier alpha value is -2.25. The summed E-state index contributed by atoms with van der Waals surface area (Å²) in [4.78, 5) is 23.4. The molecule has 6 nitrogen and oxygen atoms in total. The van der Waals surface area contributed by atoms with Crippen molar-refractivity contribution in [2.24, 2.45) is 5.92 Å². The second kappa shape index (κ2) is 7.11. The zero-order valence-corrected chi connectivity index (χ0v) is 13.8. The lowest BCUT2D eigenvalue weighted by atomic mass is 10.1. The van der Waals surface area contributed by atoms with Crippen molar-refractivity contribution in [2.45, 2.75) is 17.9 Å². The van der Waals surface area contributed by atoms with Gasteiger partial charge in [0.1, 0.15) is 11.0 Å². The van der Waals surface area contributed by atoms with Gasteiger partial charge in [-0.05, 0) is 30.2 Å². The number of hydrogen-bond acceptors (Lipinski definition) is 3. The normalized spacial score (nSPS) is 19.2. The standard InChI is InChI=1S/C17H18N2O4S/c20-16-3-1-2-9-18(16)11-13-4-6-15(7-5-13)24(23)19-10-8-14(12-19)17(21)22/h1-7,9,14H,8,10-12H2,(H,21,22). The third-order valence-corrected chi connectivity index (χ3v) is 5.59. The predicted octanol–water partition coefficient (Wildman–Crippen LogP) is 1.33. The molecule has 24 heavy (non-hydrogen) atoms. The van der Waals surface area contributed by atoms with Gasteiger partial charge in [0.2, 0.25) is 0 Å². The molecule has 2 heterocycles. The molecule has 1 aliphatic heterocycles. The molecule has 0 bridgehead atoms. The number of pyridine rings is 1. The van der Waals surface area contributed by atoms with E-state index in [1.165, 1.54) is 6.07 Å². The maximum atomic E-state index is 12.5. The highest BCUT2D eigenvalue weighted by Crippen LogP contribution is 2.22. The van der Waals surface area contributed by atoms with Crippen molar-refractivity contribution in [1.82, 2.24) is 8.87 Å². The van der Waals surface area contributed by atoms with Crippen molar-refractivity contribution < 1.29 is 14.1 Å². The van der Waals surface area contributed by atoms with E-state index in [9.17, 15) is 13.8 Å². The van der Waals surface area contributed by atoms with Crippen molar-refractivity contribution >= 4 is 17.0 Å². The second-order valence-electron chi connectivity index (χ2n) is 5.77. The third kappa shape index (κ3) is 3.63. The van der Waals surface area contributed by atoms with Crippen LogP contribution in [0.2, 0.25) is 0 Å². The number of rotatable bonds is 5. The van der Waals surface area contributed by atoms with Crippen molar-refractivity contribution in [2.75, 3.05) is 13.1 Å². The van der Waals surface area contributed by atoms with Crippen LogP contribution in [0.3, 0.4) is 0 Å². The number of carboxylic acid groups (broad SMARTS) is 1. The lowest BCUT2D eigenvalue weighted by Gasteiger charge is -2.14. The predicted molar refractivity (Wildman–Crippen MR) is 90.0 cm³/mol. The second-order valence-corrected chi connectivity index (χ2v) is 7.26. The Kier molecular flexibility index (Phi) is 4.92. The number of hydrogen-bond donors (Lipinski definition) is 1. The molecule has 1 fully saturated rings. The van der Waals surface area contributed by atoms with Crippen LogP contribution >= 0.6 is 0 Å². The molecule has 1 saturated heterocycles. The summed E-state index contributed by atoms with van der Waals surface area (Å²) in [6.45, 7) is 1.28. The van der Waals surface area contributed by atoms with E-state index in [1.54, 1.807) is 39.3 Å². The number of benzene rings is 1. The summed E-state index contributed by atoms with van der Waals surface area (Å²) in [6.07, 6.45) is 2.25. The first-order valence-corrected chi connectivity index (χ1v) is 8.79. The Morgan fingerprint density at radius 3 is 2.58 bits per heavy atom. The van der Waals surface area contributed by atoms with Gasteiger partial charge in [-0.3, -0.25) is 9.59 Å². The van der Waals surface area contributed by atoms with E-state index < -0.39 is 22.9 Å². The maximum absolute atomic E-state index is 12.5. The van der Waals surface area contributed by atoms with Gasteiger partial charge in [0.25, 0.3) is 5.56 Å². The zero-order chi connectivity index (χ0) is 17.1. The van der Waals surface area contributed by atoms with Gasteiger partial charge in [-0.2, -0.15) is 0 Å². The van der Waals surface area contributed by atoms with Crippen LogP contribution in [0.1, 0.15) is 12.0 Å². The molecule has 0 aliphatic carbocycles. The van der Waals surface area contributed by atoms with Crippen LogP contribution in [-0.4, -0.2) is 37.2 Å². The van der Waals surface area contributed by atoms with Gasteiger partial charge in [-0.25, -0.2) is 8.51 Å². The number of nitrogens with zero attached hydrogens (tertiary/aromatic N) is 2. The van der Waals surface area contributed by atoms with Crippen LogP contribution in [0.25, 0.3) is 0 Å². The molecule has 1 N–H and O–H groups in total. The fourth-order valence-corrected chi connectivity index (χ4v) is 3.98. The molecule has 0 spiro atoms. The molecule has 2 atom stereocenters. The summed E-state index contributed by atoms with van der Waals surface area (Å²) < 4.78 is 15.8. The number of carboxylic acids is 1. The Labute approximate surface area is 141 Å². The molecule has 1 aromatic carbocycles. The Morgan fingerprint density at radius 2 is 1.96 bits per heavy atom. The topological polar surface area (TPSA) is 79.6 Å². The lowest BCUT2D eigenvalue weighted by Crippen LogP contribution is -2.25. The SMILES string of the molecule is O=C(O)C1CCN(S(=O)c2ccc(Cn3ccccc3=O)cc2)C1. The Bertz CT molecular complexity index is 816. The van der Waals surface area contributed by atoms with Gasteiger partial charge in [0, 0.05) is 25.4 Å². The molecule has 7 heteroatoms. The lowest BCUT2D eigenvalue weighted by molar-refractivity contribution is -0.141. The van der Waals surface area contributed by atoms with Crippen LogP contribution in [0.15, 0.2) is 58.4 Å². The number of aliphatic carboxylic acids is 1. The molecule has 3 rings (SSSR count). The van der Waals surface area contributed by atoms with E-state index in [-0.39, 0.29) is 5.56 Å². The van der Waals surface area contributed by atoms with Gasteiger partial charge in [0.05, 0.1) is 17.4 Å². The summed E-state index contributed by atoms with van der Waals surface area (Å²) in [7, 11) is -1.35. The van der Waals surface area contributed by atoms with E-state index in [4.69, 9.17) is 5.11 Å². The fourth-order valence-electron chi connectivity index (χ4n) is 2.73. The van der Waals surface area contributed by atoms with E-state index in [1.807, 2.05) is 12.1 Å². The Balaban J connectivity index is 1.68. The molecular formula is C17H18N2O4S. The summed E-state index contributed by atoms with van der Waals surface area (Å²) in [5.41, 5.74) is 0.871. The first-order valence-electron chi connectivity index (χ1n) is 7.68. The largest absolute Gasteiger partial charge is 0.481 e. The molecule has 2 aromatic rings. The maximum Gasteiger partial charge on any atom is 0.307 e. The quantitative estimate of drug-likeness (QED) is 0.886. The van der Waals surface area contributed by atoms with Crippen molar-refractivity contribution in [3.63, 3.8) is 0 Å². The van der Waals surface area contributed by atoms with Gasteiger partial charge < -0.3 is 9.67 Å². The highest BCUT2D eigenvalue weighted by molar-refractivity contribution is 7.82. The van der Waals surface area contributed by atoms with E-state index >= 15 is 0 Å². The molecule has 2 unspecified atom stereocenters. The molecule has 1 aliphatic rings. The minimum absolute atomic E-state index is 0.0677. The zero-order valence-electron chi connectivity index (χ0n) is 13.0. The van der Waals surface area contributed by atoms with Crippen molar-refractivity contribution in [1.29, 1.82) is 0 Å². The van der Waals surface area contributed by atoms with Crippen LogP contribution in [-0.2, 0) is 22.3 Å². The van der Waals surface area contributed by atoms with Gasteiger partial charge in [-0.15, -0.1) is 0 Å². The molecule has 0 saturated carbocycles. The molecule has 0 amide bonds. The highest BCUT2D eigenvalue weighted by Gasteiger charge is 2.31. The van der Waals surface area contributed by atoms with Crippen molar-refractivity contribution in [3.05, 3.63) is 64.6 Å². The van der Waals surface area contributed by atoms with Gasteiger partial charge in [0.15, 0.2) is 0 Å².